The van der Waals surface area contributed by atoms with Crippen molar-refractivity contribution in [3.8, 4) is 5.69 Å². The van der Waals surface area contributed by atoms with Crippen molar-refractivity contribution in [2.24, 2.45) is 5.73 Å². The second kappa shape index (κ2) is 6.64. The molecule has 1 aromatic heterocycles. The number of hydrogen-bond acceptors (Lipinski definition) is 3. The van der Waals surface area contributed by atoms with Gasteiger partial charge in [0.1, 0.15) is 5.69 Å². The second-order valence-electron chi connectivity index (χ2n) is 5.73. The summed E-state index contributed by atoms with van der Waals surface area (Å²) in [5, 5.41) is 4.33. The molecule has 0 radical (unpaired) electrons. The van der Waals surface area contributed by atoms with E-state index in [4.69, 9.17) is 5.73 Å². The first-order valence-electron chi connectivity index (χ1n) is 7.91. The Kier molecular flexibility index (Phi) is 4.41. The quantitative estimate of drug-likeness (QED) is 0.941. The number of rotatable bonds is 3. The maximum absolute atomic E-state index is 12.7. The number of carbonyl (C=O) groups excluding carboxylic acids is 2. The highest BCUT2D eigenvalue weighted by molar-refractivity contribution is 5.97. The van der Waals surface area contributed by atoms with Crippen molar-refractivity contribution in [1.29, 1.82) is 0 Å². The Bertz CT molecular complexity index is 701. The third-order valence-corrected chi connectivity index (χ3v) is 4.07. The van der Waals surface area contributed by atoms with E-state index in [0.717, 1.165) is 38.8 Å². The predicted molar refractivity (Wildman–Crippen MR) is 86.5 cm³/mol. The number of primary amides is 1. The van der Waals surface area contributed by atoms with Crippen LogP contribution in [0.15, 0.2) is 36.4 Å². The van der Waals surface area contributed by atoms with Gasteiger partial charge in [0, 0.05) is 19.2 Å². The average Bonchev–Trinajstić information content (AvgIpc) is 2.84. The Morgan fingerprint density at radius 3 is 2.26 bits per heavy atom. The normalized spacial score (nSPS) is 15.2. The van der Waals surface area contributed by atoms with Crippen LogP contribution in [0, 0.1) is 0 Å². The first kappa shape index (κ1) is 15.3. The van der Waals surface area contributed by atoms with Crippen LogP contribution in [-0.2, 0) is 0 Å². The van der Waals surface area contributed by atoms with Crippen LogP contribution in [-0.4, -0.2) is 39.6 Å². The zero-order valence-electron chi connectivity index (χ0n) is 12.9. The molecule has 2 heterocycles. The summed E-state index contributed by atoms with van der Waals surface area (Å²) in [6, 6.07) is 10.7. The second-order valence-corrected chi connectivity index (χ2v) is 5.73. The molecule has 0 saturated carbocycles. The van der Waals surface area contributed by atoms with E-state index in [1.54, 1.807) is 0 Å². The molecule has 0 bridgehead atoms. The van der Waals surface area contributed by atoms with Gasteiger partial charge in [0.15, 0.2) is 5.69 Å². The van der Waals surface area contributed by atoms with Crippen LogP contribution >= 0.6 is 0 Å². The smallest absolute Gasteiger partial charge is 0.274 e. The molecule has 1 aromatic carbocycles. The van der Waals surface area contributed by atoms with E-state index in [9.17, 15) is 9.59 Å². The zero-order chi connectivity index (χ0) is 16.2. The summed E-state index contributed by atoms with van der Waals surface area (Å²) in [7, 11) is 0. The van der Waals surface area contributed by atoms with Crippen LogP contribution in [0.4, 0.5) is 0 Å². The van der Waals surface area contributed by atoms with E-state index in [1.807, 2.05) is 35.2 Å². The monoisotopic (exact) mass is 312 g/mol. The van der Waals surface area contributed by atoms with Gasteiger partial charge in [0.2, 0.25) is 0 Å². The van der Waals surface area contributed by atoms with E-state index in [0.29, 0.717) is 5.69 Å². The fraction of sp³-hybridized carbons (Fsp3) is 0.353. The summed E-state index contributed by atoms with van der Waals surface area (Å²) in [4.78, 5) is 26.2. The van der Waals surface area contributed by atoms with Crippen molar-refractivity contribution in [2.75, 3.05) is 13.1 Å². The summed E-state index contributed by atoms with van der Waals surface area (Å²) in [6.45, 7) is 1.48. The maximum atomic E-state index is 12.7. The van der Waals surface area contributed by atoms with Crippen LogP contribution < -0.4 is 5.73 Å². The fourth-order valence-electron chi connectivity index (χ4n) is 2.86. The summed E-state index contributed by atoms with van der Waals surface area (Å²) in [5.74, 6) is -0.736. The number of nitrogens with zero attached hydrogens (tertiary/aromatic N) is 3. The highest BCUT2D eigenvalue weighted by Gasteiger charge is 2.23. The summed E-state index contributed by atoms with van der Waals surface area (Å²) in [6.07, 6.45) is 4.31. The lowest BCUT2D eigenvalue weighted by atomic mass is 10.2. The molecule has 6 nitrogen and oxygen atoms in total. The molecule has 0 spiro atoms. The summed E-state index contributed by atoms with van der Waals surface area (Å²) in [5.41, 5.74) is 6.63. The number of amides is 2. The Morgan fingerprint density at radius 2 is 1.65 bits per heavy atom. The van der Waals surface area contributed by atoms with E-state index in [2.05, 4.69) is 5.10 Å². The highest BCUT2D eigenvalue weighted by atomic mass is 16.2. The Hall–Kier alpha value is -2.63. The van der Waals surface area contributed by atoms with Gasteiger partial charge in [0.25, 0.3) is 11.8 Å². The lowest BCUT2D eigenvalue weighted by Gasteiger charge is -2.18. The molecule has 1 saturated heterocycles. The molecule has 0 atom stereocenters. The lowest BCUT2D eigenvalue weighted by molar-refractivity contribution is 0.0755. The molecule has 0 unspecified atom stereocenters. The Labute approximate surface area is 134 Å². The van der Waals surface area contributed by atoms with Crippen LogP contribution in [0.2, 0.25) is 0 Å². The van der Waals surface area contributed by atoms with Gasteiger partial charge in [0.05, 0.1) is 5.69 Å². The standard InChI is InChI=1S/C17H20N4O2/c18-16(22)15-12-14(17(23)20-10-6-1-2-7-11-20)19-21(15)13-8-4-3-5-9-13/h3-5,8-9,12H,1-2,6-7,10-11H2,(H2,18,22). The molecular formula is C17H20N4O2. The van der Waals surface area contributed by atoms with E-state index >= 15 is 0 Å². The predicted octanol–water partition coefficient (Wildman–Crippen LogP) is 1.99. The van der Waals surface area contributed by atoms with E-state index in [1.165, 1.54) is 10.7 Å². The van der Waals surface area contributed by atoms with Crippen LogP contribution in [0.5, 0.6) is 0 Å². The van der Waals surface area contributed by atoms with Gasteiger partial charge in [-0.05, 0) is 25.0 Å². The first-order chi connectivity index (χ1) is 11.2. The summed E-state index contributed by atoms with van der Waals surface area (Å²) < 4.78 is 1.44. The number of benzene rings is 1. The number of para-hydroxylation sites is 1. The SMILES string of the molecule is NC(=O)c1cc(C(=O)N2CCCCCC2)nn1-c1ccccc1. The van der Waals surface area contributed by atoms with Gasteiger partial charge in [-0.2, -0.15) is 5.10 Å². The molecule has 0 aliphatic carbocycles. The fourth-order valence-corrected chi connectivity index (χ4v) is 2.86. The van der Waals surface area contributed by atoms with Crippen molar-refractivity contribution in [3.05, 3.63) is 47.8 Å². The minimum absolute atomic E-state index is 0.135. The highest BCUT2D eigenvalue weighted by Crippen LogP contribution is 2.16. The molecule has 6 heteroatoms. The van der Waals surface area contributed by atoms with Crippen molar-refractivity contribution in [2.45, 2.75) is 25.7 Å². The van der Waals surface area contributed by atoms with E-state index in [-0.39, 0.29) is 17.3 Å². The van der Waals surface area contributed by atoms with Gasteiger partial charge in [-0.3, -0.25) is 9.59 Å². The van der Waals surface area contributed by atoms with Crippen molar-refractivity contribution >= 4 is 11.8 Å². The lowest BCUT2D eigenvalue weighted by Crippen LogP contribution is -2.32. The van der Waals surface area contributed by atoms with Gasteiger partial charge >= 0.3 is 0 Å². The number of hydrogen-bond donors (Lipinski definition) is 1. The zero-order valence-corrected chi connectivity index (χ0v) is 12.9. The van der Waals surface area contributed by atoms with Gasteiger partial charge in [-0.15, -0.1) is 0 Å². The minimum atomic E-state index is -0.601. The Balaban J connectivity index is 1.94. The van der Waals surface area contributed by atoms with Gasteiger partial charge in [-0.1, -0.05) is 31.0 Å². The molecule has 1 fully saturated rings. The summed E-state index contributed by atoms with van der Waals surface area (Å²) >= 11 is 0. The van der Waals surface area contributed by atoms with E-state index < -0.39 is 5.91 Å². The van der Waals surface area contributed by atoms with Gasteiger partial charge in [-0.25, -0.2) is 4.68 Å². The number of carbonyl (C=O) groups is 2. The molecule has 3 rings (SSSR count). The maximum Gasteiger partial charge on any atom is 0.274 e. The molecule has 2 aromatic rings. The van der Waals surface area contributed by atoms with Crippen LogP contribution in [0.1, 0.15) is 46.7 Å². The van der Waals surface area contributed by atoms with Crippen molar-refractivity contribution < 1.29 is 9.59 Å². The largest absolute Gasteiger partial charge is 0.364 e. The van der Waals surface area contributed by atoms with Crippen LogP contribution in [0.25, 0.3) is 5.69 Å². The Morgan fingerprint density at radius 1 is 1.00 bits per heavy atom. The third kappa shape index (κ3) is 3.26. The van der Waals surface area contributed by atoms with Crippen LogP contribution in [0.3, 0.4) is 0 Å². The third-order valence-electron chi connectivity index (χ3n) is 4.07. The first-order valence-corrected chi connectivity index (χ1v) is 7.91. The van der Waals surface area contributed by atoms with Crippen molar-refractivity contribution in [1.82, 2.24) is 14.7 Å². The number of likely N-dealkylation sites (tertiary alicyclic amines) is 1. The van der Waals surface area contributed by atoms with Crippen molar-refractivity contribution in [3.63, 3.8) is 0 Å². The molecule has 1 aliphatic heterocycles. The average molecular weight is 312 g/mol. The number of nitrogens with two attached hydrogens (primary N) is 1. The molecule has 23 heavy (non-hydrogen) atoms. The number of aromatic nitrogens is 2. The molecule has 1 aliphatic rings. The molecule has 120 valence electrons. The topological polar surface area (TPSA) is 81.2 Å². The van der Waals surface area contributed by atoms with Gasteiger partial charge < -0.3 is 10.6 Å². The molecular weight excluding hydrogens is 292 g/mol. The molecule has 2 N–H and O–H groups in total. The minimum Gasteiger partial charge on any atom is -0.364 e. The molecule has 2 amide bonds.